The Morgan fingerprint density at radius 3 is 2.86 bits per heavy atom. The fourth-order valence-electron chi connectivity index (χ4n) is 2.38. The summed E-state index contributed by atoms with van der Waals surface area (Å²) in [6, 6.07) is 0.764. The van der Waals surface area contributed by atoms with Crippen LogP contribution < -0.4 is 5.32 Å². The molecule has 1 N–H and O–H groups in total. The fourth-order valence-corrected chi connectivity index (χ4v) is 2.38. The molecular formula is C10H20N4. The molecule has 0 radical (unpaired) electrons. The number of hydrogen-bond acceptors (Lipinski definition) is 4. The first-order valence-electron chi connectivity index (χ1n) is 5.56. The zero-order chi connectivity index (χ0) is 9.80. The summed E-state index contributed by atoms with van der Waals surface area (Å²) < 4.78 is 0. The summed E-state index contributed by atoms with van der Waals surface area (Å²) in [4.78, 5) is 2.60. The molecule has 2 saturated heterocycles. The van der Waals surface area contributed by atoms with E-state index < -0.39 is 0 Å². The number of rotatable bonds is 2. The van der Waals surface area contributed by atoms with Crippen LogP contribution >= 0.6 is 0 Å². The Kier molecular flexibility index (Phi) is 3.37. The van der Waals surface area contributed by atoms with Gasteiger partial charge in [-0.15, -0.1) is 0 Å². The maximum atomic E-state index is 4.01. The normalized spacial score (nSPS) is 30.3. The highest BCUT2D eigenvalue weighted by Gasteiger charge is 2.23. The molecular weight excluding hydrogens is 176 g/mol. The molecule has 0 aromatic heterocycles. The first-order chi connectivity index (χ1) is 6.90. The average molecular weight is 196 g/mol. The molecule has 4 heteroatoms. The van der Waals surface area contributed by atoms with Gasteiger partial charge in [-0.3, -0.25) is 9.91 Å². The summed E-state index contributed by atoms with van der Waals surface area (Å²) in [6.07, 6.45) is 2.52. The average Bonchev–Trinajstić information content (AvgIpc) is 2.63. The minimum absolute atomic E-state index is 0.764. The van der Waals surface area contributed by atoms with E-state index in [0.717, 1.165) is 25.7 Å². The van der Waals surface area contributed by atoms with Crippen molar-refractivity contribution in [3.05, 3.63) is 0 Å². The van der Waals surface area contributed by atoms with Gasteiger partial charge in [0, 0.05) is 45.5 Å². The Bertz CT molecular complexity index is 189. The lowest BCUT2D eigenvalue weighted by Gasteiger charge is -2.26. The molecule has 2 rings (SSSR count). The Hall–Kier alpha value is -0.610. The summed E-state index contributed by atoms with van der Waals surface area (Å²) in [5.74, 6) is 0. The van der Waals surface area contributed by atoms with Crippen molar-refractivity contribution in [2.24, 2.45) is 5.10 Å². The molecule has 4 nitrogen and oxygen atoms in total. The van der Waals surface area contributed by atoms with Crippen LogP contribution in [0.5, 0.6) is 0 Å². The van der Waals surface area contributed by atoms with E-state index >= 15 is 0 Å². The van der Waals surface area contributed by atoms with Crippen LogP contribution in [0, 0.1) is 0 Å². The molecule has 1 atom stereocenters. The van der Waals surface area contributed by atoms with Crippen LogP contribution in [-0.2, 0) is 0 Å². The lowest BCUT2D eigenvalue weighted by Crippen LogP contribution is -2.39. The third kappa shape index (κ3) is 2.25. The Labute approximate surface area is 85.9 Å². The van der Waals surface area contributed by atoms with Gasteiger partial charge in [0.15, 0.2) is 0 Å². The molecule has 0 spiro atoms. The van der Waals surface area contributed by atoms with Gasteiger partial charge < -0.3 is 5.32 Å². The lowest BCUT2D eigenvalue weighted by molar-refractivity contribution is 0.210. The fraction of sp³-hybridized carbons (Fsp3) is 0.900. The summed E-state index contributed by atoms with van der Waals surface area (Å²) in [6.45, 7) is 10.4. The highest BCUT2D eigenvalue weighted by atomic mass is 15.5. The van der Waals surface area contributed by atoms with E-state index in [4.69, 9.17) is 0 Å². The van der Waals surface area contributed by atoms with Crippen molar-refractivity contribution in [3.63, 3.8) is 0 Å². The molecule has 2 aliphatic heterocycles. The highest BCUT2D eigenvalue weighted by molar-refractivity contribution is 5.22. The van der Waals surface area contributed by atoms with Gasteiger partial charge in [-0.05, 0) is 19.4 Å². The van der Waals surface area contributed by atoms with Gasteiger partial charge in [-0.25, -0.2) is 0 Å². The summed E-state index contributed by atoms with van der Waals surface area (Å²) in [5.41, 5.74) is 0. The van der Waals surface area contributed by atoms with Gasteiger partial charge in [0.25, 0.3) is 0 Å². The lowest BCUT2D eigenvalue weighted by atomic mass is 10.2. The predicted molar refractivity (Wildman–Crippen MR) is 58.6 cm³/mol. The van der Waals surface area contributed by atoms with Crippen LogP contribution in [0.4, 0.5) is 0 Å². The van der Waals surface area contributed by atoms with Crippen molar-refractivity contribution in [1.29, 1.82) is 0 Å². The van der Waals surface area contributed by atoms with Crippen molar-refractivity contribution in [2.75, 3.05) is 39.3 Å². The van der Waals surface area contributed by atoms with Crippen LogP contribution in [0.1, 0.15) is 12.8 Å². The molecule has 0 aromatic carbocycles. The van der Waals surface area contributed by atoms with E-state index in [2.05, 4.69) is 27.0 Å². The molecule has 0 saturated carbocycles. The van der Waals surface area contributed by atoms with Crippen molar-refractivity contribution in [2.45, 2.75) is 18.9 Å². The van der Waals surface area contributed by atoms with Crippen molar-refractivity contribution >= 4 is 6.72 Å². The van der Waals surface area contributed by atoms with Crippen LogP contribution in [0.2, 0.25) is 0 Å². The summed E-state index contributed by atoms with van der Waals surface area (Å²) >= 11 is 0. The highest BCUT2D eigenvalue weighted by Crippen LogP contribution is 2.12. The molecule has 2 fully saturated rings. The molecule has 0 aromatic rings. The largest absolute Gasteiger partial charge is 0.315 e. The second-order valence-corrected chi connectivity index (χ2v) is 4.13. The van der Waals surface area contributed by atoms with Gasteiger partial charge in [0.1, 0.15) is 0 Å². The maximum absolute atomic E-state index is 4.01. The standard InChI is InChI=1S/C10H20N4/c1-11-14-6-2-5-13(7-8-14)10-3-4-12-9-10/h10,12H,1-9H2. The first-order valence-corrected chi connectivity index (χ1v) is 5.56. The van der Waals surface area contributed by atoms with E-state index in [1.165, 1.54) is 32.5 Å². The molecule has 2 heterocycles. The second-order valence-electron chi connectivity index (χ2n) is 4.13. The number of nitrogens with one attached hydrogen (secondary N) is 1. The van der Waals surface area contributed by atoms with E-state index in [0.29, 0.717) is 0 Å². The third-order valence-corrected chi connectivity index (χ3v) is 3.26. The summed E-state index contributed by atoms with van der Waals surface area (Å²) in [5, 5.41) is 9.52. The number of nitrogens with zero attached hydrogens (tertiary/aromatic N) is 3. The van der Waals surface area contributed by atoms with E-state index in [1.54, 1.807) is 0 Å². The molecule has 2 aliphatic rings. The number of hydrazone groups is 1. The Morgan fingerprint density at radius 2 is 2.14 bits per heavy atom. The van der Waals surface area contributed by atoms with Crippen molar-refractivity contribution < 1.29 is 0 Å². The SMILES string of the molecule is C=NN1CCCN(C2CCNC2)CC1. The zero-order valence-corrected chi connectivity index (χ0v) is 8.78. The monoisotopic (exact) mass is 196 g/mol. The smallest absolute Gasteiger partial charge is 0.0487 e. The number of hydrogen-bond donors (Lipinski definition) is 1. The van der Waals surface area contributed by atoms with Gasteiger partial charge in [-0.1, -0.05) is 0 Å². The third-order valence-electron chi connectivity index (χ3n) is 3.26. The predicted octanol–water partition coefficient (Wildman–Crippen LogP) is -0.0284. The van der Waals surface area contributed by atoms with Gasteiger partial charge >= 0.3 is 0 Å². The van der Waals surface area contributed by atoms with E-state index in [-0.39, 0.29) is 0 Å². The van der Waals surface area contributed by atoms with Crippen LogP contribution in [0.15, 0.2) is 5.10 Å². The van der Waals surface area contributed by atoms with Crippen LogP contribution in [0.3, 0.4) is 0 Å². The van der Waals surface area contributed by atoms with E-state index in [1.807, 2.05) is 0 Å². The maximum Gasteiger partial charge on any atom is 0.0487 e. The molecule has 80 valence electrons. The minimum Gasteiger partial charge on any atom is -0.315 e. The van der Waals surface area contributed by atoms with Gasteiger partial charge in [-0.2, -0.15) is 5.10 Å². The van der Waals surface area contributed by atoms with Gasteiger partial charge in [0.2, 0.25) is 0 Å². The van der Waals surface area contributed by atoms with Gasteiger partial charge in [0.05, 0.1) is 0 Å². The van der Waals surface area contributed by atoms with E-state index in [9.17, 15) is 0 Å². The molecule has 14 heavy (non-hydrogen) atoms. The second kappa shape index (κ2) is 4.75. The van der Waals surface area contributed by atoms with Crippen LogP contribution in [-0.4, -0.2) is 61.9 Å². The quantitative estimate of drug-likeness (QED) is 0.629. The molecule has 0 bridgehead atoms. The molecule has 0 amide bonds. The zero-order valence-electron chi connectivity index (χ0n) is 8.78. The summed E-state index contributed by atoms with van der Waals surface area (Å²) in [7, 11) is 0. The van der Waals surface area contributed by atoms with Crippen molar-refractivity contribution in [3.8, 4) is 0 Å². The Balaban J connectivity index is 1.84. The molecule has 1 unspecified atom stereocenters. The molecule has 0 aliphatic carbocycles. The van der Waals surface area contributed by atoms with Crippen molar-refractivity contribution in [1.82, 2.24) is 15.2 Å². The first kappa shape index (κ1) is 9.93. The topological polar surface area (TPSA) is 30.9 Å². The minimum atomic E-state index is 0.764. The Morgan fingerprint density at radius 1 is 1.21 bits per heavy atom. The van der Waals surface area contributed by atoms with Crippen LogP contribution in [0.25, 0.3) is 0 Å².